The highest BCUT2D eigenvalue weighted by atomic mass is 79.9. The maximum Gasteiger partial charge on any atom is 0.129 e. The van der Waals surface area contributed by atoms with E-state index in [0.717, 1.165) is 16.4 Å². The van der Waals surface area contributed by atoms with Crippen LogP contribution >= 0.6 is 15.9 Å². The van der Waals surface area contributed by atoms with E-state index in [1.165, 1.54) is 63.5 Å². The van der Waals surface area contributed by atoms with Gasteiger partial charge in [0.25, 0.3) is 0 Å². The molecule has 0 aliphatic heterocycles. The van der Waals surface area contributed by atoms with Crippen LogP contribution in [0.3, 0.4) is 0 Å². The Balaban J connectivity index is 1.70. The van der Waals surface area contributed by atoms with E-state index in [1.54, 1.807) is 0 Å². The Morgan fingerprint density at radius 2 is 1.75 bits per heavy atom. The zero-order chi connectivity index (χ0) is 13.8. The molecular weight excluding hydrogens is 312 g/mol. The summed E-state index contributed by atoms with van der Waals surface area (Å²) in [6.45, 7) is 0. The number of anilines is 1. The Hall–Kier alpha value is -0.570. The zero-order valence-corrected chi connectivity index (χ0v) is 13.7. The van der Waals surface area contributed by atoms with Crippen LogP contribution in [-0.2, 0) is 0 Å². The lowest BCUT2D eigenvalue weighted by molar-refractivity contribution is 0.180. The van der Waals surface area contributed by atoms with Gasteiger partial charge in [-0.3, -0.25) is 0 Å². The highest BCUT2D eigenvalue weighted by Gasteiger charge is 2.32. The summed E-state index contributed by atoms with van der Waals surface area (Å²) in [5.41, 5.74) is 1.17. The summed E-state index contributed by atoms with van der Waals surface area (Å²) < 4.78 is 0.952. The third kappa shape index (κ3) is 3.36. The fourth-order valence-electron chi connectivity index (χ4n) is 4.16. The van der Waals surface area contributed by atoms with Gasteiger partial charge in [-0.15, -0.1) is 0 Å². The second-order valence-corrected chi connectivity index (χ2v) is 7.19. The van der Waals surface area contributed by atoms with Crippen molar-refractivity contribution in [2.75, 3.05) is 5.32 Å². The van der Waals surface area contributed by atoms with Crippen molar-refractivity contribution in [1.82, 2.24) is 4.98 Å². The summed E-state index contributed by atoms with van der Waals surface area (Å²) in [5.74, 6) is 1.83. The molecule has 0 spiro atoms. The van der Waals surface area contributed by atoms with E-state index in [2.05, 4.69) is 32.3 Å². The molecule has 2 fully saturated rings. The fourth-order valence-corrected chi connectivity index (χ4v) is 4.52. The van der Waals surface area contributed by atoms with E-state index in [9.17, 15) is 0 Å². The molecule has 3 heteroatoms. The van der Waals surface area contributed by atoms with Crippen molar-refractivity contribution in [3.63, 3.8) is 0 Å². The molecule has 0 aromatic carbocycles. The second-order valence-electron chi connectivity index (χ2n) is 6.44. The Morgan fingerprint density at radius 3 is 2.55 bits per heavy atom. The molecule has 0 bridgehead atoms. The number of halogens is 1. The Kier molecular flexibility index (Phi) is 4.98. The molecule has 0 saturated heterocycles. The van der Waals surface area contributed by atoms with Crippen molar-refractivity contribution in [2.45, 2.75) is 63.8 Å². The lowest BCUT2D eigenvalue weighted by Crippen LogP contribution is -2.37. The van der Waals surface area contributed by atoms with Gasteiger partial charge in [-0.05, 0) is 52.7 Å². The summed E-state index contributed by atoms with van der Waals surface area (Å²) in [5, 5.41) is 3.79. The van der Waals surface area contributed by atoms with Gasteiger partial charge in [0.2, 0.25) is 0 Å². The van der Waals surface area contributed by atoms with Gasteiger partial charge < -0.3 is 5.32 Å². The average Bonchev–Trinajstić information content (AvgIpc) is 2.51. The number of pyridine rings is 1. The van der Waals surface area contributed by atoms with Crippen LogP contribution in [0.25, 0.3) is 0 Å². The molecule has 2 aliphatic carbocycles. The van der Waals surface area contributed by atoms with Crippen LogP contribution in [0.5, 0.6) is 0 Å². The Morgan fingerprint density at radius 1 is 1.00 bits per heavy atom. The maximum absolute atomic E-state index is 4.34. The molecule has 0 amide bonds. The van der Waals surface area contributed by atoms with E-state index >= 15 is 0 Å². The predicted octanol–water partition coefficient (Wildman–Crippen LogP) is 5.40. The van der Waals surface area contributed by atoms with Gasteiger partial charge in [0.15, 0.2) is 0 Å². The van der Waals surface area contributed by atoms with Crippen LogP contribution in [0, 0.1) is 11.8 Å². The van der Waals surface area contributed by atoms with E-state index in [-0.39, 0.29) is 0 Å². The fraction of sp³-hybridized carbons (Fsp3) is 0.706. The van der Waals surface area contributed by atoms with Crippen LogP contribution in [0.2, 0.25) is 0 Å². The Labute approximate surface area is 130 Å². The minimum Gasteiger partial charge on any atom is -0.380 e. The largest absolute Gasteiger partial charge is 0.380 e. The van der Waals surface area contributed by atoms with E-state index in [0.29, 0.717) is 6.04 Å². The van der Waals surface area contributed by atoms with Crippen LogP contribution in [0.1, 0.15) is 57.8 Å². The molecule has 3 rings (SSSR count). The zero-order valence-electron chi connectivity index (χ0n) is 12.2. The monoisotopic (exact) mass is 336 g/mol. The molecule has 2 unspecified atom stereocenters. The lowest BCUT2D eigenvalue weighted by atomic mass is 9.71. The highest BCUT2D eigenvalue weighted by molar-refractivity contribution is 9.10. The van der Waals surface area contributed by atoms with Crippen molar-refractivity contribution in [2.24, 2.45) is 11.8 Å². The van der Waals surface area contributed by atoms with Crippen molar-refractivity contribution in [3.05, 3.63) is 22.9 Å². The van der Waals surface area contributed by atoms with Gasteiger partial charge in [0.05, 0.1) is 5.69 Å². The number of hydrogen-bond donors (Lipinski definition) is 1. The molecule has 1 N–H and O–H groups in total. The quantitative estimate of drug-likeness (QED) is 0.748. The standard InChI is InChI=1S/C17H25BrN2/c18-17-16(11-6-12-19-17)20-15-10-5-4-9-14(15)13-7-2-1-3-8-13/h6,11-15,20H,1-5,7-10H2. The summed E-state index contributed by atoms with van der Waals surface area (Å²) in [6.07, 6.45) is 14.6. The first kappa shape index (κ1) is 14.4. The topological polar surface area (TPSA) is 24.9 Å². The lowest BCUT2D eigenvalue weighted by Gasteiger charge is -2.40. The number of rotatable bonds is 3. The third-order valence-electron chi connectivity index (χ3n) is 5.17. The van der Waals surface area contributed by atoms with Gasteiger partial charge in [0, 0.05) is 12.2 Å². The number of hydrogen-bond acceptors (Lipinski definition) is 2. The van der Waals surface area contributed by atoms with Gasteiger partial charge in [-0.25, -0.2) is 4.98 Å². The maximum atomic E-state index is 4.34. The molecule has 2 aliphatic rings. The van der Waals surface area contributed by atoms with Gasteiger partial charge in [-0.1, -0.05) is 44.9 Å². The van der Waals surface area contributed by atoms with Gasteiger partial charge >= 0.3 is 0 Å². The Bertz CT molecular complexity index is 429. The minimum absolute atomic E-state index is 0.646. The summed E-state index contributed by atoms with van der Waals surface area (Å²) >= 11 is 3.57. The normalized spacial score (nSPS) is 28.2. The van der Waals surface area contributed by atoms with E-state index in [4.69, 9.17) is 0 Å². The van der Waals surface area contributed by atoms with Crippen LogP contribution in [0.4, 0.5) is 5.69 Å². The predicted molar refractivity (Wildman–Crippen MR) is 87.9 cm³/mol. The molecular formula is C17H25BrN2. The molecule has 0 radical (unpaired) electrons. The number of nitrogens with zero attached hydrogens (tertiary/aromatic N) is 1. The number of nitrogens with one attached hydrogen (secondary N) is 1. The summed E-state index contributed by atoms with van der Waals surface area (Å²) in [7, 11) is 0. The van der Waals surface area contributed by atoms with E-state index < -0.39 is 0 Å². The van der Waals surface area contributed by atoms with Gasteiger partial charge in [0.1, 0.15) is 4.60 Å². The molecule has 1 heterocycles. The highest BCUT2D eigenvalue weighted by Crippen LogP contribution is 2.39. The average molecular weight is 337 g/mol. The summed E-state index contributed by atoms with van der Waals surface area (Å²) in [4.78, 5) is 4.34. The molecule has 1 aromatic rings. The molecule has 2 saturated carbocycles. The first-order valence-electron chi connectivity index (χ1n) is 8.21. The van der Waals surface area contributed by atoms with Crippen molar-refractivity contribution in [1.29, 1.82) is 0 Å². The van der Waals surface area contributed by atoms with Crippen LogP contribution in [-0.4, -0.2) is 11.0 Å². The molecule has 20 heavy (non-hydrogen) atoms. The first-order chi connectivity index (χ1) is 9.84. The van der Waals surface area contributed by atoms with Crippen molar-refractivity contribution >= 4 is 21.6 Å². The number of aromatic nitrogens is 1. The van der Waals surface area contributed by atoms with Gasteiger partial charge in [-0.2, -0.15) is 0 Å². The summed E-state index contributed by atoms with van der Waals surface area (Å²) in [6, 6.07) is 4.81. The van der Waals surface area contributed by atoms with E-state index in [1.807, 2.05) is 12.3 Å². The second kappa shape index (κ2) is 6.93. The SMILES string of the molecule is Brc1ncccc1NC1CCCCC1C1CCCCC1. The van der Waals surface area contributed by atoms with Crippen molar-refractivity contribution in [3.8, 4) is 0 Å². The van der Waals surface area contributed by atoms with Crippen LogP contribution < -0.4 is 5.32 Å². The van der Waals surface area contributed by atoms with Crippen LogP contribution in [0.15, 0.2) is 22.9 Å². The first-order valence-corrected chi connectivity index (χ1v) is 9.01. The molecule has 2 nitrogen and oxygen atoms in total. The molecule has 2 atom stereocenters. The molecule has 1 aromatic heterocycles. The third-order valence-corrected chi connectivity index (χ3v) is 5.81. The molecule has 110 valence electrons. The van der Waals surface area contributed by atoms with Crippen molar-refractivity contribution < 1.29 is 0 Å². The smallest absolute Gasteiger partial charge is 0.129 e. The minimum atomic E-state index is 0.646.